The van der Waals surface area contributed by atoms with E-state index >= 15 is 0 Å². The van der Waals surface area contributed by atoms with Crippen LogP contribution in [-0.2, 0) is 9.84 Å². The Labute approximate surface area is 87.1 Å². The van der Waals surface area contributed by atoms with Crippen LogP contribution in [-0.4, -0.2) is 35.1 Å². The molecule has 0 aromatic carbocycles. The monoisotopic (exact) mass is 230 g/mol. The Morgan fingerprint density at radius 1 is 1.36 bits per heavy atom. The van der Waals surface area contributed by atoms with Gasteiger partial charge in [-0.1, -0.05) is 11.8 Å². The third-order valence-electron chi connectivity index (χ3n) is 2.00. The second kappa shape index (κ2) is 3.86. The smallest absolute Gasteiger partial charge is 0.187 e. The average Bonchev–Trinajstić information content (AvgIpc) is 2.47. The number of rotatable bonds is 2. The van der Waals surface area contributed by atoms with Gasteiger partial charge in [0.25, 0.3) is 0 Å². The molecule has 2 rings (SSSR count). The van der Waals surface area contributed by atoms with Crippen molar-refractivity contribution in [2.24, 2.45) is 0 Å². The molecule has 0 amide bonds. The van der Waals surface area contributed by atoms with E-state index in [0.29, 0.717) is 17.3 Å². The first-order chi connectivity index (χ1) is 6.66. The molecule has 14 heavy (non-hydrogen) atoms. The highest BCUT2D eigenvalue weighted by molar-refractivity contribution is 8.01. The van der Waals surface area contributed by atoms with E-state index in [2.05, 4.69) is 9.97 Å². The highest BCUT2D eigenvalue weighted by Crippen LogP contribution is 2.28. The van der Waals surface area contributed by atoms with E-state index in [1.807, 2.05) is 0 Å². The zero-order valence-corrected chi connectivity index (χ0v) is 9.09. The Morgan fingerprint density at radius 2 is 2.07 bits per heavy atom. The quantitative estimate of drug-likeness (QED) is 0.702. The summed E-state index contributed by atoms with van der Waals surface area (Å²) in [5.41, 5.74) is 0. The lowest BCUT2D eigenvalue weighted by Gasteiger charge is -2.03. The summed E-state index contributed by atoms with van der Waals surface area (Å²) in [5.74, 6) is 0.563. The van der Waals surface area contributed by atoms with E-state index in [1.54, 1.807) is 18.5 Å². The molecule has 4 nitrogen and oxygen atoms in total. The fourth-order valence-corrected chi connectivity index (χ4v) is 4.71. The zero-order valence-electron chi connectivity index (χ0n) is 7.46. The average molecular weight is 230 g/mol. The van der Waals surface area contributed by atoms with Gasteiger partial charge >= 0.3 is 0 Å². The fraction of sp³-hybridized carbons (Fsp3) is 0.500. The summed E-state index contributed by atoms with van der Waals surface area (Å²) in [5, 5.41) is 0.789. The second-order valence-corrected chi connectivity index (χ2v) is 6.67. The van der Waals surface area contributed by atoms with Crippen molar-refractivity contribution in [3.63, 3.8) is 0 Å². The Morgan fingerprint density at radius 3 is 2.64 bits per heavy atom. The molecule has 0 unspecified atom stereocenters. The van der Waals surface area contributed by atoms with Crippen LogP contribution in [0.4, 0.5) is 0 Å². The number of hydrogen-bond acceptors (Lipinski definition) is 5. The molecule has 1 saturated heterocycles. The van der Waals surface area contributed by atoms with Crippen molar-refractivity contribution in [3.05, 3.63) is 18.5 Å². The van der Waals surface area contributed by atoms with Gasteiger partial charge in [0.1, 0.15) is 0 Å². The van der Waals surface area contributed by atoms with Crippen LogP contribution in [0.1, 0.15) is 6.42 Å². The van der Waals surface area contributed by atoms with Crippen LogP contribution < -0.4 is 0 Å². The second-order valence-electron chi connectivity index (χ2n) is 3.17. The van der Waals surface area contributed by atoms with E-state index in [4.69, 9.17) is 0 Å². The van der Waals surface area contributed by atoms with Gasteiger partial charge in [0.15, 0.2) is 15.0 Å². The Balaban J connectivity index is 2.01. The molecule has 0 N–H and O–H groups in total. The summed E-state index contributed by atoms with van der Waals surface area (Å²) in [6, 6.07) is 1.75. The Hall–Kier alpha value is -0.620. The molecule has 2 heterocycles. The predicted octanol–water partition coefficient (Wildman–Crippen LogP) is 0.756. The van der Waals surface area contributed by atoms with Crippen LogP contribution in [0.2, 0.25) is 0 Å². The lowest BCUT2D eigenvalue weighted by Crippen LogP contribution is -2.06. The number of sulfone groups is 1. The Kier molecular flexibility index (Phi) is 2.73. The molecule has 1 aromatic heterocycles. The third-order valence-corrected chi connectivity index (χ3v) is 5.14. The van der Waals surface area contributed by atoms with Crippen molar-refractivity contribution in [1.29, 1.82) is 0 Å². The van der Waals surface area contributed by atoms with Crippen LogP contribution in [0.3, 0.4) is 0 Å². The van der Waals surface area contributed by atoms with Gasteiger partial charge in [-0.3, -0.25) is 0 Å². The summed E-state index contributed by atoms with van der Waals surface area (Å²) in [7, 11) is -2.79. The molecule has 0 bridgehead atoms. The maximum absolute atomic E-state index is 11.2. The maximum atomic E-state index is 11.2. The minimum absolute atomic E-state index is 0.127. The zero-order chi connectivity index (χ0) is 10.0. The number of nitrogens with zero attached hydrogens (tertiary/aromatic N) is 2. The van der Waals surface area contributed by atoms with Gasteiger partial charge < -0.3 is 0 Å². The molecule has 1 aliphatic rings. The normalized spacial score (nSPS) is 25.0. The van der Waals surface area contributed by atoms with Gasteiger partial charge in [-0.05, 0) is 12.5 Å². The number of thioether (sulfide) groups is 1. The first kappa shape index (κ1) is 9.92. The summed E-state index contributed by atoms with van der Waals surface area (Å²) in [6.45, 7) is 0. The first-order valence-corrected chi connectivity index (χ1v) is 7.00. The standard InChI is InChI=1S/C8H10N2O2S2/c11-14(12)5-2-7(6-14)13-8-9-3-1-4-10-8/h1,3-4,7H,2,5-6H2/t7-/m0/s1. The predicted molar refractivity (Wildman–Crippen MR) is 54.9 cm³/mol. The van der Waals surface area contributed by atoms with Crippen LogP contribution in [0.5, 0.6) is 0 Å². The summed E-state index contributed by atoms with van der Waals surface area (Å²) < 4.78 is 22.4. The van der Waals surface area contributed by atoms with Crippen LogP contribution >= 0.6 is 11.8 Å². The molecule has 1 aliphatic heterocycles. The van der Waals surface area contributed by atoms with Crippen molar-refractivity contribution >= 4 is 21.6 Å². The molecule has 1 fully saturated rings. The molecule has 0 aliphatic carbocycles. The lowest BCUT2D eigenvalue weighted by atomic mass is 10.4. The van der Waals surface area contributed by atoms with Crippen LogP contribution in [0.25, 0.3) is 0 Å². The van der Waals surface area contributed by atoms with Gasteiger partial charge in [0.05, 0.1) is 11.5 Å². The van der Waals surface area contributed by atoms with Crippen molar-refractivity contribution in [2.75, 3.05) is 11.5 Å². The molecule has 0 spiro atoms. The van der Waals surface area contributed by atoms with E-state index < -0.39 is 9.84 Å². The van der Waals surface area contributed by atoms with E-state index in [1.165, 1.54) is 11.8 Å². The molecule has 1 atom stereocenters. The SMILES string of the molecule is O=S1(=O)CC[C@H](Sc2ncccn2)C1. The summed E-state index contributed by atoms with van der Waals surface area (Å²) in [6.07, 6.45) is 4.04. The summed E-state index contributed by atoms with van der Waals surface area (Å²) >= 11 is 1.45. The molecular formula is C8H10N2O2S2. The number of aromatic nitrogens is 2. The molecule has 0 radical (unpaired) electrons. The molecule has 6 heteroatoms. The first-order valence-electron chi connectivity index (χ1n) is 4.30. The van der Waals surface area contributed by atoms with Gasteiger partial charge in [-0.15, -0.1) is 0 Å². The number of hydrogen-bond donors (Lipinski definition) is 0. The van der Waals surface area contributed by atoms with Crippen molar-refractivity contribution in [3.8, 4) is 0 Å². The van der Waals surface area contributed by atoms with E-state index in [-0.39, 0.29) is 11.0 Å². The molecule has 0 saturated carbocycles. The highest BCUT2D eigenvalue weighted by atomic mass is 32.2. The van der Waals surface area contributed by atoms with Gasteiger partial charge in [0, 0.05) is 17.6 Å². The van der Waals surface area contributed by atoms with Gasteiger partial charge in [0.2, 0.25) is 0 Å². The van der Waals surface area contributed by atoms with E-state index in [9.17, 15) is 8.42 Å². The van der Waals surface area contributed by atoms with Crippen LogP contribution in [0, 0.1) is 0 Å². The topological polar surface area (TPSA) is 59.9 Å². The third kappa shape index (κ3) is 2.45. The summed E-state index contributed by atoms with van der Waals surface area (Å²) in [4.78, 5) is 8.09. The van der Waals surface area contributed by atoms with Gasteiger partial charge in [-0.2, -0.15) is 0 Å². The molecule has 76 valence electrons. The highest BCUT2D eigenvalue weighted by Gasteiger charge is 2.29. The molecular weight excluding hydrogens is 220 g/mol. The van der Waals surface area contributed by atoms with Gasteiger partial charge in [-0.25, -0.2) is 18.4 Å². The molecule has 1 aromatic rings. The van der Waals surface area contributed by atoms with Crippen molar-refractivity contribution in [1.82, 2.24) is 9.97 Å². The van der Waals surface area contributed by atoms with Crippen molar-refractivity contribution in [2.45, 2.75) is 16.8 Å². The minimum atomic E-state index is -2.79. The largest absolute Gasteiger partial charge is 0.231 e. The van der Waals surface area contributed by atoms with E-state index in [0.717, 1.165) is 0 Å². The van der Waals surface area contributed by atoms with Crippen molar-refractivity contribution < 1.29 is 8.42 Å². The van der Waals surface area contributed by atoms with Crippen LogP contribution in [0.15, 0.2) is 23.6 Å². The minimum Gasteiger partial charge on any atom is -0.231 e. The fourth-order valence-electron chi connectivity index (χ4n) is 1.35. The Bertz CT molecular complexity index is 405. The lowest BCUT2D eigenvalue weighted by molar-refractivity contribution is 0.602. The maximum Gasteiger partial charge on any atom is 0.187 e.